The van der Waals surface area contributed by atoms with Crippen LogP contribution < -0.4 is 10.6 Å². The molecule has 1 fully saturated rings. The predicted molar refractivity (Wildman–Crippen MR) is 92.9 cm³/mol. The van der Waals surface area contributed by atoms with Gasteiger partial charge in [0.2, 0.25) is 0 Å². The smallest absolute Gasteiger partial charge is 0.253 e. The molecule has 1 saturated carbocycles. The van der Waals surface area contributed by atoms with E-state index in [0.717, 1.165) is 22.7 Å². The molecule has 0 aliphatic heterocycles. The molecule has 24 heavy (non-hydrogen) atoms. The summed E-state index contributed by atoms with van der Waals surface area (Å²) >= 11 is 0. The molecule has 1 amide bonds. The molecule has 122 valence electrons. The standard InChI is InChI=1S/C18H19N5O/c1-11(17-22-14-4-2-3-5-15(14)23-17)20-18(24)12-6-9-16(19-10-12)21-13-7-8-13/h2-6,9-11,13H,7-8H2,1H3,(H,19,21)(H,20,24)(H,22,23)/t11-/m1/s1. The Morgan fingerprint density at radius 1 is 1.25 bits per heavy atom. The van der Waals surface area contributed by atoms with E-state index in [9.17, 15) is 4.79 Å². The second kappa shape index (κ2) is 5.96. The first-order valence-corrected chi connectivity index (χ1v) is 8.17. The topological polar surface area (TPSA) is 82.7 Å². The van der Waals surface area contributed by atoms with Gasteiger partial charge >= 0.3 is 0 Å². The first-order valence-electron chi connectivity index (χ1n) is 8.17. The number of aromatic amines is 1. The Labute approximate surface area is 139 Å². The molecule has 0 bridgehead atoms. The van der Waals surface area contributed by atoms with Crippen LogP contribution in [0.15, 0.2) is 42.6 Å². The summed E-state index contributed by atoms with van der Waals surface area (Å²) in [6.45, 7) is 1.91. The highest BCUT2D eigenvalue weighted by molar-refractivity contribution is 5.94. The molecule has 2 heterocycles. The Hall–Kier alpha value is -2.89. The fourth-order valence-corrected chi connectivity index (χ4v) is 2.58. The fraction of sp³-hybridized carbons (Fsp3) is 0.278. The second-order valence-corrected chi connectivity index (χ2v) is 6.19. The third-order valence-electron chi connectivity index (χ3n) is 4.12. The normalized spacial score (nSPS) is 15.2. The number of benzene rings is 1. The van der Waals surface area contributed by atoms with Gasteiger partial charge in [0.05, 0.1) is 22.6 Å². The van der Waals surface area contributed by atoms with Crippen LogP contribution in [0.2, 0.25) is 0 Å². The van der Waals surface area contributed by atoms with Crippen molar-refractivity contribution in [2.75, 3.05) is 5.32 Å². The van der Waals surface area contributed by atoms with Crippen LogP contribution in [0, 0.1) is 0 Å². The molecule has 1 atom stereocenters. The molecule has 0 unspecified atom stereocenters. The Kier molecular flexibility index (Phi) is 3.65. The van der Waals surface area contributed by atoms with Gasteiger partial charge in [0.15, 0.2) is 0 Å². The van der Waals surface area contributed by atoms with Gasteiger partial charge in [-0.25, -0.2) is 9.97 Å². The van der Waals surface area contributed by atoms with Crippen molar-refractivity contribution in [2.45, 2.75) is 31.8 Å². The average molecular weight is 321 g/mol. The highest BCUT2D eigenvalue weighted by Crippen LogP contribution is 2.23. The number of nitrogens with one attached hydrogen (secondary N) is 3. The molecular formula is C18H19N5O. The SMILES string of the molecule is C[C@@H](NC(=O)c1ccc(NC2CC2)nc1)c1nc2ccccc2[nH]1. The lowest BCUT2D eigenvalue weighted by atomic mass is 10.2. The summed E-state index contributed by atoms with van der Waals surface area (Å²) in [5.41, 5.74) is 2.40. The van der Waals surface area contributed by atoms with E-state index in [1.54, 1.807) is 12.3 Å². The Bertz CT molecular complexity index is 834. The van der Waals surface area contributed by atoms with Crippen LogP contribution in [0.3, 0.4) is 0 Å². The summed E-state index contributed by atoms with van der Waals surface area (Å²) in [6, 6.07) is 11.8. The molecule has 1 aliphatic rings. The van der Waals surface area contributed by atoms with E-state index >= 15 is 0 Å². The first kappa shape index (κ1) is 14.7. The zero-order chi connectivity index (χ0) is 16.5. The van der Waals surface area contributed by atoms with Gasteiger partial charge in [-0.3, -0.25) is 4.79 Å². The van der Waals surface area contributed by atoms with Crippen molar-refractivity contribution in [2.24, 2.45) is 0 Å². The lowest BCUT2D eigenvalue weighted by Gasteiger charge is -2.11. The number of carbonyl (C=O) groups is 1. The molecule has 0 spiro atoms. The van der Waals surface area contributed by atoms with E-state index in [0.29, 0.717) is 11.6 Å². The number of imidazole rings is 1. The molecule has 6 heteroatoms. The van der Waals surface area contributed by atoms with Crippen molar-refractivity contribution >= 4 is 22.8 Å². The summed E-state index contributed by atoms with van der Waals surface area (Å²) in [4.78, 5) is 24.4. The third kappa shape index (κ3) is 3.08. The van der Waals surface area contributed by atoms with Gasteiger partial charge in [-0.1, -0.05) is 12.1 Å². The molecule has 1 aromatic carbocycles. The summed E-state index contributed by atoms with van der Waals surface area (Å²) < 4.78 is 0. The van der Waals surface area contributed by atoms with Crippen molar-refractivity contribution in [3.05, 3.63) is 54.0 Å². The predicted octanol–water partition coefficient (Wildman–Crippen LogP) is 3.02. The maximum absolute atomic E-state index is 12.4. The van der Waals surface area contributed by atoms with E-state index in [2.05, 4.69) is 25.6 Å². The van der Waals surface area contributed by atoms with E-state index in [1.807, 2.05) is 37.3 Å². The average Bonchev–Trinajstić information content (AvgIpc) is 3.29. The molecule has 1 aliphatic carbocycles. The second-order valence-electron chi connectivity index (χ2n) is 6.19. The number of hydrogen-bond donors (Lipinski definition) is 3. The van der Waals surface area contributed by atoms with Crippen LogP contribution in [0.1, 0.15) is 42.0 Å². The van der Waals surface area contributed by atoms with E-state index in [-0.39, 0.29) is 11.9 Å². The number of hydrogen-bond acceptors (Lipinski definition) is 4. The minimum atomic E-state index is -0.214. The highest BCUT2D eigenvalue weighted by Gasteiger charge is 2.21. The number of fused-ring (bicyclic) bond motifs is 1. The number of H-pyrrole nitrogens is 1. The van der Waals surface area contributed by atoms with Crippen molar-refractivity contribution in [3.63, 3.8) is 0 Å². The third-order valence-corrected chi connectivity index (χ3v) is 4.12. The Balaban J connectivity index is 1.44. The van der Waals surface area contributed by atoms with Crippen LogP contribution in [0.5, 0.6) is 0 Å². The number of pyridine rings is 1. The molecule has 0 radical (unpaired) electrons. The monoisotopic (exact) mass is 321 g/mol. The largest absolute Gasteiger partial charge is 0.367 e. The zero-order valence-corrected chi connectivity index (χ0v) is 13.4. The number of nitrogens with zero attached hydrogens (tertiary/aromatic N) is 2. The fourth-order valence-electron chi connectivity index (χ4n) is 2.58. The summed E-state index contributed by atoms with van der Waals surface area (Å²) in [6.07, 6.45) is 3.99. The van der Waals surface area contributed by atoms with E-state index < -0.39 is 0 Å². The number of aromatic nitrogens is 3. The van der Waals surface area contributed by atoms with Crippen molar-refractivity contribution in [3.8, 4) is 0 Å². The number of rotatable bonds is 5. The van der Waals surface area contributed by atoms with Crippen molar-refractivity contribution < 1.29 is 4.79 Å². The van der Waals surface area contributed by atoms with Crippen LogP contribution in [-0.2, 0) is 0 Å². The van der Waals surface area contributed by atoms with Gasteiger partial charge in [-0.2, -0.15) is 0 Å². The van der Waals surface area contributed by atoms with Crippen molar-refractivity contribution in [1.29, 1.82) is 0 Å². The molecule has 4 rings (SSSR count). The first-order chi connectivity index (χ1) is 11.7. The molecule has 3 aromatic rings. The van der Waals surface area contributed by atoms with Crippen LogP contribution >= 0.6 is 0 Å². The maximum Gasteiger partial charge on any atom is 0.253 e. The zero-order valence-electron chi connectivity index (χ0n) is 13.4. The van der Waals surface area contributed by atoms with Crippen molar-refractivity contribution in [1.82, 2.24) is 20.3 Å². The molecule has 2 aromatic heterocycles. The Morgan fingerprint density at radius 2 is 2.08 bits per heavy atom. The number of carbonyl (C=O) groups excluding carboxylic acids is 1. The van der Waals surface area contributed by atoms with Crippen LogP contribution in [-0.4, -0.2) is 26.9 Å². The number of anilines is 1. The highest BCUT2D eigenvalue weighted by atomic mass is 16.1. The lowest BCUT2D eigenvalue weighted by molar-refractivity contribution is 0.0938. The summed E-state index contributed by atoms with van der Waals surface area (Å²) in [5.74, 6) is 1.40. The molecular weight excluding hydrogens is 302 g/mol. The lowest BCUT2D eigenvalue weighted by Crippen LogP contribution is -2.27. The maximum atomic E-state index is 12.4. The minimum absolute atomic E-state index is 0.159. The Morgan fingerprint density at radius 3 is 2.79 bits per heavy atom. The van der Waals surface area contributed by atoms with Gasteiger partial charge < -0.3 is 15.6 Å². The number of para-hydroxylation sites is 2. The minimum Gasteiger partial charge on any atom is -0.367 e. The molecule has 3 N–H and O–H groups in total. The van der Waals surface area contributed by atoms with Crippen LogP contribution in [0.25, 0.3) is 11.0 Å². The van der Waals surface area contributed by atoms with Crippen LogP contribution in [0.4, 0.5) is 5.82 Å². The number of amides is 1. The summed E-state index contributed by atoms with van der Waals surface area (Å²) in [7, 11) is 0. The van der Waals surface area contributed by atoms with Gasteiger partial charge in [-0.05, 0) is 44.0 Å². The molecule has 0 saturated heterocycles. The summed E-state index contributed by atoms with van der Waals surface area (Å²) in [5, 5.41) is 6.26. The van der Waals surface area contributed by atoms with Gasteiger partial charge in [-0.15, -0.1) is 0 Å². The van der Waals surface area contributed by atoms with Gasteiger partial charge in [0, 0.05) is 12.2 Å². The molecule has 6 nitrogen and oxygen atoms in total. The quantitative estimate of drug-likeness (QED) is 0.674. The van der Waals surface area contributed by atoms with Gasteiger partial charge in [0.25, 0.3) is 5.91 Å². The van der Waals surface area contributed by atoms with Gasteiger partial charge in [0.1, 0.15) is 11.6 Å². The van der Waals surface area contributed by atoms with E-state index in [4.69, 9.17) is 0 Å². The van der Waals surface area contributed by atoms with E-state index in [1.165, 1.54) is 12.8 Å².